The Morgan fingerprint density at radius 2 is 0.750 bits per heavy atom. The van der Waals surface area contributed by atoms with E-state index in [2.05, 4.69) is 0 Å². The Labute approximate surface area is 41.4 Å². The van der Waals surface area contributed by atoms with Gasteiger partial charge < -0.3 is 9.41 Å². The van der Waals surface area contributed by atoms with Crippen LogP contribution in [0.1, 0.15) is 0 Å². The number of halogens is 2. The van der Waals surface area contributed by atoms with Crippen molar-refractivity contribution < 1.29 is 9.41 Å². The van der Waals surface area contributed by atoms with E-state index in [0.717, 1.165) is 0 Å². The van der Waals surface area contributed by atoms with Crippen molar-refractivity contribution in [3.8, 4) is 0 Å². The predicted octanol–water partition coefficient (Wildman–Crippen LogP) is -7.56. The van der Waals surface area contributed by atoms with E-state index in [1.54, 1.807) is 0 Å². The zero-order valence-electron chi connectivity index (χ0n) is 1.46. The average molecular weight is 76.1 g/mol. The molecule has 0 saturated heterocycles. The molecule has 0 nitrogen and oxygen atoms in total. The molecule has 0 aromatic heterocycles. The maximum Gasteiger partial charge on any atom is 2.00 e. The SMILES string of the molecule is B.[F-].[F-].[Mg+2]. The van der Waals surface area contributed by atoms with Crippen molar-refractivity contribution in [2.45, 2.75) is 0 Å². The summed E-state index contributed by atoms with van der Waals surface area (Å²) in [6.45, 7) is 0. The van der Waals surface area contributed by atoms with Crippen molar-refractivity contribution in [1.82, 2.24) is 0 Å². The molecule has 0 heterocycles. The van der Waals surface area contributed by atoms with E-state index in [4.69, 9.17) is 0 Å². The molecule has 0 aromatic rings. The van der Waals surface area contributed by atoms with Crippen LogP contribution in [0.5, 0.6) is 0 Å². The Kier molecular flexibility index (Phi) is 1870. The number of rotatable bonds is 0. The topological polar surface area (TPSA) is 0 Å². The molecule has 0 bridgehead atoms. The smallest absolute Gasteiger partial charge is 1.00 e. The monoisotopic (exact) mass is 76.0 g/mol. The summed E-state index contributed by atoms with van der Waals surface area (Å²) in [7, 11) is 0. The molecule has 0 aliphatic rings. The third-order valence-corrected chi connectivity index (χ3v) is 0. The molecule has 0 atom stereocenters. The summed E-state index contributed by atoms with van der Waals surface area (Å²) in [6.07, 6.45) is 0. The number of hydrogen-bond acceptors (Lipinski definition) is 0. The molecule has 0 spiro atoms. The predicted molar refractivity (Wildman–Crippen MR) is 15.7 cm³/mol. The Bertz CT molecular complexity index is 6.00. The summed E-state index contributed by atoms with van der Waals surface area (Å²) in [5.74, 6) is 0. The van der Waals surface area contributed by atoms with Crippen LogP contribution in [-0.4, -0.2) is 31.5 Å². The first-order valence-corrected chi connectivity index (χ1v) is 0. The molecular formula is H3BF2Mg. The van der Waals surface area contributed by atoms with E-state index in [0.29, 0.717) is 0 Å². The van der Waals surface area contributed by atoms with Gasteiger partial charge in [0.05, 0.1) is 8.41 Å². The second-order valence-electron chi connectivity index (χ2n) is 0. The molecule has 0 radical (unpaired) electrons. The van der Waals surface area contributed by atoms with E-state index >= 15 is 0 Å². The van der Waals surface area contributed by atoms with Crippen molar-refractivity contribution in [2.24, 2.45) is 0 Å². The van der Waals surface area contributed by atoms with Crippen LogP contribution in [0.2, 0.25) is 0 Å². The summed E-state index contributed by atoms with van der Waals surface area (Å²) in [4.78, 5) is 0. The number of hydrogen-bond donors (Lipinski definition) is 0. The van der Waals surface area contributed by atoms with E-state index in [9.17, 15) is 0 Å². The van der Waals surface area contributed by atoms with Gasteiger partial charge in [-0.05, 0) is 0 Å². The maximum atomic E-state index is 0. The fourth-order valence-electron chi connectivity index (χ4n) is 0. The van der Waals surface area contributed by atoms with Gasteiger partial charge in [0.1, 0.15) is 0 Å². The van der Waals surface area contributed by atoms with E-state index < -0.39 is 0 Å². The maximum absolute atomic E-state index is 0. The van der Waals surface area contributed by atoms with Gasteiger partial charge in [-0.1, -0.05) is 0 Å². The normalized spacial score (nSPS) is 0. The third-order valence-electron chi connectivity index (χ3n) is 0. The van der Waals surface area contributed by atoms with Gasteiger partial charge in [-0.2, -0.15) is 0 Å². The first-order valence-electron chi connectivity index (χ1n) is 0. The van der Waals surface area contributed by atoms with Crippen LogP contribution in [0.25, 0.3) is 0 Å². The van der Waals surface area contributed by atoms with E-state index in [1.807, 2.05) is 0 Å². The molecule has 4 heteroatoms. The first kappa shape index (κ1) is 134. The Balaban J connectivity index is 0. The fourth-order valence-corrected chi connectivity index (χ4v) is 0. The molecule has 22 valence electrons. The van der Waals surface area contributed by atoms with Crippen molar-refractivity contribution in [3.63, 3.8) is 0 Å². The molecule has 0 N–H and O–H groups in total. The zero-order chi connectivity index (χ0) is 0. The van der Waals surface area contributed by atoms with Gasteiger partial charge in [-0.25, -0.2) is 0 Å². The molecule has 0 rings (SSSR count). The molecule has 0 unspecified atom stereocenters. The minimum atomic E-state index is 0. The van der Waals surface area contributed by atoms with Crippen LogP contribution >= 0.6 is 0 Å². The van der Waals surface area contributed by atoms with Crippen molar-refractivity contribution >= 4 is 31.5 Å². The Morgan fingerprint density at radius 1 is 0.750 bits per heavy atom. The van der Waals surface area contributed by atoms with Crippen molar-refractivity contribution in [3.05, 3.63) is 0 Å². The van der Waals surface area contributed by atoms with Crippen LogP contribution in [0, 0.1) is 0 Å². The van der Waals surface area contributed by atoms with Crippen LogP contribution in [0.15, 0.2) is 0 Å². The molecule has 0 fully saturated rings. The Hall–Kier alpha value is 0.691. The summed E-state index contributed by atoms with van der Waals surface area (Å²) in [5.41, 5.74) is 0. The molecular weight excluding hydrogens is 73.1 g/mol. The van der Waals surface area contributed by atoms with Crippen molar-refractivity contribution in [2.75, 3.05) is 0 Å². The Morgan fingerprint density at radius 3 is 0.750 bits per heavy atom. The molecule has 0 saturated carbocycles. The molecule has 0 amide bonds. The summed E-state index contributed by atoms with van der Waals surface area (Å²) in [6, 6.07) is 0. The summed E-state index contributed by atoms with van der Waals surface area (Å²) in [5, 5.41) is 0. The largest absolute Gasteiger partial charge is 2.00 e. The van der Waals surface area contributed by atoms with Gasteiger partial charge in [0.2, 0.25) is 0 Å². The average Bonchev–Trinajstić information content (AvgIpc) is 0. The van der Waals surface area contributed by atoms with Gasteiger partial charge in [0, 0.05) is 0 Å². The van der Waals surface area contributed by atoms with Gasteiger partial charge in [-0.3, -0.25) is 0 Å². The standard InChI is InChI=1S/BH3.2FH.Mg/h1H3;2*1H;/q;;;+2/p-2. The quantitative estimate of drug-likeness (QED) is 0.251. The molecule has 0 aliphatic carbocycles. The second-order valence-corrected chi connectivity index (χ2v) is 0. The molecule has 0 aromatic carbocycles. The minimum Gasteiger partial charge on any atom is -1.00 e. The van der Waals surface area contributed by atoms with Crippen LogP contribution in [-0.2, 0) is 0 Å². The van der Waals surface area contributed by atoms with Gasteiger partial charge in [-0.15, -0.1) is 0 Å². The van der Waals surface area contributed by atoms with E-state index in [1.165, 1.54) is 0 Å². The zero-order valence-corrected chi connectivity index (χ0v) is 2.88. The van der Waals surface area contributed by atoms with E-state index in [-0.39, 0.29) is 40.9 Å². The van der Waals surface area contributed by atoms with Crippen molar-refractivity contribution in [1.29, 1.82) is 0 Å². The minimum absolute atomic E-state index is 0. The second kappa shape index (κ2) is 56.0. The van der Waals surface area contributed by atoms with Gasteiger partial charge in [0.25, 0.3) is 0 Å². The van der Waals surface area contributed by atoms with Gasteiger partial charge in [0.15, 0.2) is 0 Å². The summed E-state index contributed by atoms with van der Waals surface area (Å²) >= 11 is 0. The fraction of sp³-hybridized carbons (Fsp3) is 0. The van der Waals surface area contributed by atoms with Crippen LogP contribution in [0.3, 0.4) is 0 Å². The van der Waals surface area contributed by atoms with Crippen LogP contribution in [0.4, 0.5) is 0 Å². The van der Waals surface area contributed by atoms with Gasteiger partial charge >= 0.3 is 23.1 Å². The molecule has 0 aliphatic heterocycles. The third kappa shape index (κ3) is 16.1. The summed E-state index contributed by atoms with van der Waals surface area (Å²) < 4.78 is 0. The van der Waals surface area contributed by atoms with Crippen LogP contribution < -0.4 is 9.41 Å². The first-order chi connectivity index (χ1) is 0. The molecule has 4 heavy (non-hydrogen) atoms.